The third-order valence-corrected chi connectivity index (χ3v) is 6.39. The van der Waals surface area contributed by atoms with Gasteiger partial charge in [0, 0.05) is 61.0 Å². The van der Waals surface area contributed by atoms with Crippen molar-refractivity contribution in [3.05, 3.63) is 81.1 Å². The molecule has 1 atom stereocenters. The molecule has 0 aliphatic carbocycles. The summed E-state index contributed by atoms with van der Waals surface area (Å²) >= 11 is 0. The number of pyridine rings is 2. The van der Waals surface area contributed by atoms with Crippen LogP contribution in [0, 0.1) is 11.3 Å². The minimum Gasteiger partial charge on any atom is -0.300 e. The fourth-order valence-corrected chi connectivity index (χ4v) is 4.43. The van der Waals surface area contributed by atoms with Crippen molar-refractivity contribution in [3.8, 4) is 17.2 Å². The standard InChI is InChI=1S/C24H21F2N7O/c1-13-14(2)24(31-33-21(34)7-20(22(25)26)30-23(13)33)32-4-3-19-18(12-32)6-17(11-29-19)16-5-15(8-27)9-28-10-16/h5-7,9-11,22,24,31H,3-4,12H2,1-2H3. The van der Waals surface area contributed by atoms with E-state index in [1.165, 1.54) is 10.9 Å². The number of nitrogens with one attached hydrogen (secondary N) is 1. The Balaban J connectivity index is 1.46. The van der Waals surface area contributed by atoms with Gasteiger partial charge in [-0.1, -0.05) is 0 Å². The molecule has 0 aromatic carbocycles. The number of allylic oxidation sites excluding steroid dienone is 1. The molecule has 0 saturated carbocycles. The molecule has 3 aromatic rings. The third kappa shape index (κ3) is 3.74. The van der Waals surface area contributed by atoms with E-state index in [-0.39, 0.29) is 12.0 Å². The molecule has 2 aliphatic rings. The van der Waals surface area contributed by atoms with Crippen molar-refractivity contribution < 1.29 is 8.78 Å². The first-order chi connectivity index (χ1) is 16.4. The Kier molecular flexibility index (Phi) is 5.42. The Morgan fingerprint density at radius 3 is 2.74 bits per heavy atom. The summed E-state index contributed by atoms with van der Waals surface area (Å²) in [7, 11) is 0. The van der Waals surface area contributed by atoms with Crippen molar-refractivity contribution in [3.63, 3.8) is 0 Å². The SMILES string of the molecule is CC1=C(C)C(N2CCc3ncc(-c4cncc(C#N)c4)cc3C2)Nn2c1nc(C(F)F)cc2=O. The highest BCUT2D eigenvalue weighted by atomic mass is 19.3. The molecular weight excluding hydrogens is 440 g/mol. The van der Waals surface area contributed by atoms with Gasteiger partial charge in [0.05, 0.1) is 5.56 Å². The zero-order valence-corrected chi connectivity index (χ0v) is 18.6. The minimum atomic E-state index is -2.81. The van der Waals surface area contributed by atoms with Gasteiger partial charge >= 0.3 is 0 Å². The van der Waals surface area contributed by atoms with E-state index in [4.69, 9.17) is 5.26 Å². The Hall–Kier alpha value is -3.97. The molecule has 0 radical (unpaired) electrons. The van der Waals surface area contributed by atoms with Crippen LogP contribution in [0.5, 0.6) is 0 Å². The third-order valence-electron chi connectivity index (χ3n) is 6.39. The van der Waals surface area contributed by atoms with Crippen LogP contribution >= 0.6 is 0 Å². The molecule has 0 saturated heterocycles. The lowest BCUT2D eigenvalue weighted by molar-refractivity contribution is 0.145. The number of fused-ring (bicyclic) bond motifs is 2. The zero-order chi connectivity index (χ0) is 24.0. The number of hydrogen-bond donors (Lipinski definition) is 1. The quantitative estimate of drug-likeness (QED) is 0.639. The summed E-state index contributed by atoms with van der Waals surface area (Å²) in [6.45, 7) is 5.00. The van der Waals surface area contributed by atoms with Gasteiger partial charge in [0.2, 0.25) is 0 Å². The van der Waals surface area contributed by atoms with Crippen LogP contribution in [-0.4, -0.2) is 37.2 Å². The van der Waals surface area contributed by atoms with Crippen molar-refractivity contribution in [2.24, 2.45) is 0 Å². The smallest absolute Gasteiger partial charge is 0.280 e. The zero-order valence-electron chi connectivity index (χ0n) is 18.6. The van der Waals surface area contributed by atoms with E-state index in [9.17, 15) is 13.6 Å². The first kappa shape index (κ1) is 21.9. The lowest BCUT2D eigenvalue weighted by Gasteiger charge is -2.40. The summed E-state index contributed by atoms with van der Waals surface area (Å²) in [6, 6.07) is 6.81. The van der Waals surface area contributed by atoms with Crippen LogP contribution in [0.15, 0.2) is 47.2 Å². The summed E-state index contributed by atoms with van der Waals surface area (Å²) < 4.78 is 27.6. The van der Waals surface area contributed by atoms with E-state index in [1.54, 1.807) is 25.4 Å². The van der Waals surface area contributed by atoms with Crippen LogP contribution in [-0.2, 0) is 13.0 Å². The molecule has 2 aliphatic heterocycles. The molecule has 172 valence electrons. The first-order valence-corrected chi connectivity index (χ1v) is 10.8. The summed E-state index contributed by atoms with van der Waals surface area (Å²) in [5.74, 6) is 0.211. The van der Waals surface area contributed by atoms with Gasteiger partial charge in [0.15, 0.2) is 5.82 Å². The molecule has 1 N–H and O–H groups in total. The molecule has 1 unspecified atom stereocenters. The molecule has 8 nitrogen and oxygen atoms in total. The van der Waals surface area contributed by atoms with Crippen molar-refractivity contribution in [1.29, 1.82) is 5.26 Å². The first-order valence-electron chi connectivity index (χ1n) is 10.8. The summed E-state index contributed by atoms with van der Waals surface area (Å²) in [6.07, 6.45) is 2.62. The van der Waals surface area contributed by atoms with Crippen LogP contribution in [0.1, 0.15) is 48.6 Å². The maximum atomic E-state index is 13.2. The van der Waals surface area contributed by atoms with Gasteiger partial charge in [-0.15, -0.1) is 0 Å². The molecule has 5 heterocycles. The van der Waals surface area contributed by atoms with E-state index in [0.29, 0.717) is 24.2 Å². The van der Waals surface area contributed by atoms with E-state index in [0.717, 1.165) is 40.4 Å². The molecule has 0 bridgehead atoms. The maximum Gasteiger partial charge on any atom is 0.280 e. The number of rotatable bonds is 3. The van der Waals surface area contributed by atoms with Crippen LogP contribution in [0.3, 0.4) is 0 Å². The number of nitrogens with zero attached hydrogens (tertiary/aromatic N) is 6. The number of alkyl halides is 2. The summed E-state index contributed by atoms with van der Waals surface area (Å²) in [4.78, 5) is 27.5. The fourth-order valence-electron chi connectivity index (χ4n) is 4.43. The topological polar surface area (TPSA) is 99.7 Å². The molecule has 0 spiro atoms. The average Bonchev–Trinajstić information content (AvgIpc) is 2.85. The molecule has 5 rings (SSSR count). The van der Waals surface area contributed by atoms with Crippen LogP contribution in [0.25, 0.3) is 16.7 Å². The highest BCUT2D eigenvalue weighted by molar-refractivity contribution is 5.66. The lowest BCUT2D eigenvalue weighted by Crippen LogP contribution is -2.52. The number of aromatic nitrogens is 4. The van der Waals surface area contributed by atoms with Crippen LogP contribution in [0.4, 0.5) is 8.78 Å². The predicted octanol–water partition coefficient (Wildman–Crippen LogP) is 3.24. The van der Waals surface area contributed by atoms with Crippen LogP contribution < -0.4 is 11.0 Å². The van der Waals surface area contributed by atoms with E-state index >= 15 is 0 Å². The number of halogens is 2. The molecule has 34 heavy (non-hydrogen) atoms. The molecular formula is C24H21F2N7O. The maximum absolute atomic E-state index is 13.2. The predicted molar refractivity (Wildman–Crippen MR) is 121 cm³/mol. The van der Waals surface area contributed by atoms with Crippen LogP contribution in [0.2, 0.25) is 0 Å². The Bertz CT molecular complexity index is 1420. The van der Waals surface area contributed by atoms with Crippen molar-refractivity contribution >= 4 is 5.57 Å². The van der Waals surface area contributed by atoms with Gasteiger partial charge < -0.3 is 0 Å². The number of nitriles is 1. The number of hydrogen-bond acceptors (Lipinski definition) is 7. The fraction of sp³-hybridized carbons (Fsp3) is 0.292. The molecule has 0 fully saturated rings. The average molecular weight is 461 g/mol. The Morgan fingerprint density at radius 1 is 1.18 bits per heavy atom. The van der Waals surface area contributed by atoms with Gasteiger partial charge in [-0.3, -0.25) is 25.1 Å². The van der Waals surface area contributed by atoms with Crippen molar-refractivity contribution in [1.82, 2.24) is 24.5 Å². The Labute approximate surface area is 194 Å². The molecule has 3 aromatic heterocycles. The minimum absolute atomic E-state index is 0.211. The van der Waals surface area contributed by atoms with Gasteiger partial charge in [-0.25, -0.2) is 18.4 Å². The van der Waals surface area contributed by atoms with E-state index in [2.05, 4.69) is 37.4 Å². The highest BCUT2D eigenvalue weighted by Gasteiger charge is 2.32. The summed E-state index contributed by atoms with van der Waals surface area (Å²) in [5, 5.41) is 9.17. The van der Waals surface area contributed by atoms with Crippen molar-refractivity contribution in [2.75, 3.05) is 12.0 Å². The molecule has 0 amide bonds. The monoisotopic (exact) mass is 461 g/mol. The Morgan fingerprint density at radius 2 is 1.97 bits per heavy atom. The second-order valence-electron chi connectivity index (χ2n) is 8.44. The highest BCUT2D eigenvalue weighted by Crippen LogP contribution is 2.30. The van der Waals surface area contributed by atoms with Gasteiger partial charge in [-0.2, -0.15) is 5.26 Å². The van der Waals surface area contributed by atoms with Gasteiger partial charge in [0.25, 0.3) is 12.0 Å². The van der Waals surface area contributed by atoms with Crippen molar-refractivity contribution in [2.45, 2.75) is 39.4 Å². The largest absolute Gasteiger partial charge is 0.300 e. The normalized spacial score (nSPS) is 17.7. The lowest BCUT2D eigenvalue weighted by atomic mass is 9.98. The van der Waals surface area contributed by atoms with Gasteiger partial charge in [-0.05, 0) is 42.7 Å². The second kappa shape index (κ2) is 8.43. The van der Waals surface area contributed by atoms with E-state index < -0.39 is 17.7 Å². The van der Waals surface area contributed by atoms with E-state index in [1.807, 2.05) is 6.92 Å². The molecule has 10 heteroatoms. The summed E-state index contributed by atoms with van der Waals surface area (Å²) in [5.41, 5.74) is 7.90. The second-order valence-corrected chi connectivity index (χ2v) is 8.44. The van der Waals surface area contributed by atoms with Gasteiger partial charge in [0.1, 0.15) is 17.9 Å².